The van der Waals surface area contributed by atoms with Gasteiger partial charge < -0.3 is 14.8 Å². The summed E-state index contributed by atoms with van der Waals surface area (Å²) in [6.45, 7) is 3.46. The summed E-state index contributed by atoms with van der Waals surface area (Å²) in [5.74, 6) is -1.67. The molecule has 1 aromatic rings. The van der Waals surface area contributed by atoms with Crippen LogP contribution >= 0.6 is 0 Å². The molecule has 106 valence electrons. The Balaban J connectivity index is 2.01. The number of nitrogens with zero attached hydrogens (tertiary/aromatic N) is 1. The van der Waals surface area contributed by atoms with Crippen LogP contribution in [0.25, 0.3) is 0 Å². The minimum Gasteiger partial charge on any atom is -0.473 e. The van der Waals surface area contributed by atoms with Gasteiger partial charge in [0.25, 0.3) is 5.88 Å². The van der Waals surface area contributed by atoms with Crippen LogP contribution < -0.4 is 10.1 Å². The van der Waals surface area contributed by atoms with Crippen LogP contribution in [-0.2, 0) is 4.74 Å². The van der Waals surface area contributed by atoms with Gasteiger partial charge in [-0.2, -0.15) is 4.98 Å². The second-order valence-electron chi connectivity index (χ2n) is 4.48. The zero-order valence-electron chi connectivity index (χ0n) is 10.9. The predicted octanol–water partition coefficient (Wildman–Crippen LogP) is 2.74. The Bertz CT molecular complexity index is 423. The molecule has 2 rings (SSSR count). The van der Waals surface area contributed by atoms with Gasteiger partial charge in [0, 0.05) is 19.2 Å². The molecule has 1 aliphatic heterocycles. The largest absolute Gasteiger partial charge is 0.473 e. The monoisotopic (exact) mass is 272 g/mol. The summed E-state index contributed by atoms with van der Waals surface area (Å²) in [4.78, 5) is 3.83. The van der Waals surface area contributed by atoms with Gasteiger partial charge in [-0.1, -0.05) is 6.92 Å². The smallest absolute Gasteiger partial charge is 0.252 e. The minimum atomic E-state index is -0.794. The highest BCUT2D eigenvalue weighted by Gasteiger charge is 2.18. The summed E-state index contributed by atoms with van der Waals surface area (Å²) in [6, 6.07) is 0.788. The number of aromatic nitrogens is 1. The lowest BCUT2D eigenvalue weighted by Crippen LogP contribution is -2.18. The molecule has 1 atom stereocenters. The zero-order chi connectivity index (χ0) is 13.7. The van der Waals surface area contributed by atoms with Crippen LogP contribution in [0.4, 0.5) is 14.6 Å². The first-order valence-electron chi connectivity index (χ1n) is 6.55. The molecule has 1 aliphatic rings. The van der Waals surface area contributed by atoms with Crippen LogP contribution in [0.1, 0.15) is 26.2 Å². The van der Waals surface area contributed by atoms with Crippen molar-refractivity contribution >= 4 is 5.82 Å². The lowest BCUT2D eigenvalue weighted by Gasteiger charge is -2.13. The highest BCUT2D eigenvalue weighted by molar-refractivity contribution is 5.39. The Morgan fingerprint density at radius 2 is 2.32 bits per heavy atom. The molecule has 0 aromatic carbocycles. The van der Waals surface area contributed by atoms with Crippen LogP contribution in [0.5, 0.6) is 5.88 Å². The fourth-order valence-corrected chi connectivity index (χ4v) is 1.87. The molecule has 0 saturated carbocycles. The first-order chi connectivity index (χ1) is 9.20. The van der Waals surface area contributed by atoms with Crippen molar-refractivity contribution in [1.82, 2.24) is 4.98 Å². The SMILES string of the molecule is CCCNc1nc(OCC2CCCO2)c(F)cc1F. The van der Waals surface area contributed by atoms with Gasteiger partial charge in [0.15, 0.2) is 17.5 Å². The van der Waals surface area contributed by atoms with Crippen molar-refractivity contribution in [2.45, 2.75) is 32.3 Å². The molecule has 6 heteroatoms. The van der Waals surface area contributed by atoms with Gasteiger partial charge in [-0.25, -0.2) is 8.78 Å². The zero-order valence-corrected chi connectivity index (χ0v) is 10.9. The maximum Gasteiger partial charge on any atom is 0.252 e. The number of pyridine rings is 1. The van der Waals surface area contributed by atoms with Crippen molar-refractivity contribution in [3.8, 4) is 5.88 Å². The molecule has 19 heavy (non-hydrogen) atoms. The van der Waals surface area contributed by atoms with Gasteiger partial charge in [0.2, 0.25) is 0 Å². The van der Waals surface area contributed by atoms with Crippen LogP contribution in [0.3, 0.4) is 0 Å². The molecule has 0 amide bonds. The van der Waals surface area contributed by atoms with Crippen LogP contribution in [0.2, 0.25) is 0 Å². The van der Waals surface area contributed by atoms with Gasteiger partial charge in [-0.3, -0.25) is 0 Å². The van der Waals surface area contributed by atoms with E-state index < -0.39 is 11.6 Å². The third-order valence-corrected chi connectivity index (χ3v) is 2.87. The molecule has 1 fully saturated rings. The van der Waals surface area contributed by atoms with E-state index in [0.717, 1.165) is 25.3 Å². The molecule has 0 spiro atoms. The number of rotatable bonds is 6. The topological polar surface area (TPSA) is 43.4 Å². The second kappa shape index (κ2) is 6.65. The van der Waals surface area contributed by atoms with E-state index in [-0.39, 0.29) is 24.4 Å². The molecule has 0 radical (unpaired) electrons. The van der Waals surface area contributed by atoms with Gasteiger partial charge in [-0.05, 0) is 19.3 Å². The van der Waals surface area contributed by atoms with Gasteiger partial charge in [-0.15, -0.1) is 0 Å². The molecule has 2 heterocycles. The van der Waals surface area contributed by atoms with Crippen molar-refractivity contribution in [2.24, 2.45) is 0 Å². The Hall–Kier alpha value is -1.43. The summed E-state index contributed by atoms with van der Waals surface area (Å²) >= 11 is 0. The lowest BCUT2D eigenvalue weighted by atomic mass is 10.2. The van der Waals surface area contributed by atoms with E-state index in [9.17, 15) is 8.78 Å². The average molecular weight is 272 g/mol. The molecule has 4 nitrogen and oxygen atoms in total. The van der Waals surface area contributed by atoms with E-state index in [1.54, 1.807) is 0 Å². The summed E-state index contributed by atoms with van der Waals surface area (Å²) in [6.07, 6.45) is 2.67. The normalized spacial score (nSPS) is 18.6. The molecule has 1 aromatic heterocycles. The lowest BCUT2D eigenvalue weighted by molar-refractivity contribution is 0.0648. The number of hydrogen-bond acceptors (Lipinski definition) is 4. The summed E-state index contributed by atoms with van der Waals surface area (Å²) in [5.41, 5.74) is 0. The van der Waals surface area contributed by atoms with Crippen molar-refractivity contribution < 1.29 is 18.3 Å². The molecular formula is C13H18F2N2O2. The van der Waals surface area contributed by atoms with E-state index >= 15 is 0 Å². The number of anilines is 1. The predicted molar refractivity (Wildman–Crippen MR) is 67.4 cm³/mol. The number of halogens is 2. The number of nitrogens with one attached hydrogen (secondary N) is 1. The van der Waals surface area contributed by atoms with Gasteiger partial charge in [0.1, 0.15) is 6.61 Å². The van der Waals surface area contributed by atoms with Crippen molar-refractivity contribution in [2.75, 3.05) is 25.1 Å². The van der Waals surface area contributed by atoms with Crippen molar-refractivity contribution in [1.29, 1.82) is 0 Å². The first kappa shape index (κ1) is 14.0. The maximum absolute atomic E-state index is 13.5. The molecule has 0 bridgehead atoms. The highest BCUT2D eigenvalue weighted by Crippen LogP contribution is 2.22. The van der Waals surface area contributed by atoms with Crippen LogP contribution in [0.15, 0.2) is 6.07 Å². The number of ether oxygens (including phenoxy) is 2. The molecule has 1 N–H and O–H groups in total. The first-order valence-corrected chi connectivity index (χ1v) is 6.55. The fraction of sp³-hybridized carbons (Fsp3) is 0.615. The Labute approximate surface area is 111 Å². The summed E-state index contributed by atoms with van der Waals surface area (Å²) in [5, 5.41) is 2.79. The van der Waals surface area contributed by atoms with Crippen molar-refractivity contribution in [3.05, 3.63) is 17.7 Å². The molecular weight excluding hydrogens is 254 g/mol. The van der Waals surface area contributed by atoms with Gasteiger partial charge in [0.05, 0.1) is 6.10 Å². The number of hydrogen-bond donors (Lipinski definition) is 1. The van der Waals surface area contributed by atoms with E-state index in [4.69, 9.17) is 9.47 Å². The standard InChI is InChI=1S/C13H18F2N2O2/c1-2-5-16-12-10(14)7-11(15)13(17-12)19-8-9-4-3-6-18-9/h7,9H,2-6,8H2,1H3,(H,16,17). The van der Waals surface area contributed by atoms with Crippen molar-refractivity contribution in [3.63, 3.8) is 0 Å². The van der Waals surface area contributed by atoms with Crippen LogP contribution in [-0.4, -0.2) is 30.8 Å². The van der Waals surface area contributed by atoms with Gasteiger partial charge >= 0.3 is 0 Å². The Morgan fingerprint density at radius 3 is 3.00 bits per heavy atom. The molecule has 1 saturated heterocycles. The maximum atomic E-state index is 13.5. The molecule has 1 unspecified atom stereocenters. The summed E-state index contributed by atoms with van der Waals surface area (Å²) in [7, 11) is 0. The third-order valence-electron chi connectivity index (χ3n) is 2.87. The third kappa shape index (κ3) is 3.76. The van der Waals surface area contributed by atoms with E-state index in [1.807, 2.05) is 6.92 Å². The van der Waals surface area contributed by atoms with Crippen LogP contribution in [0, 0.1) is 11.6 Å². The van der Waals surface area contributed by atoms with E-state index in [2.05, 4.69) is 10.3 Å². The Kier molecular flexibility index (Phi) is 4.90. The van der Waals surface area contributed by atoms with E-state index in [1.165, 1.54) is 0 Å². The second-order valence-corrected chi connectivity index (χ2v) is 4.48. The molecule has 0 aliphatic carbocycles. The van der Waals surface area contributed by atoms with E-state index in [0.29, 0.717) is 13.2 Å². The Morgan fingerprint density at radius 1 is 1.47 bits per heavy atom. The highest BCUT2D eigenvalue weighted by atomic mass is 19.1. The average Bonchev–Trinajstić information content (AvgIpc) is 2.90. The quantitative estimate of drug-likeness (QED) is 0.864. The fourth-order valence-electron chi connectivity index (χ4n) is 1.87. The summed E-state index contributed by atoms with van der Waals surface area (Å²) < 4.78 is 37.6. The minimum absolute atomic E-state index is 0.0191.